The van der Waals surface area contributed by atoms with Crippen LogP contribution >= 0.6 is 11.6 Å². The Balaban J connectivity index is 1.53. The number of amides is 2. The maximum Gasteiger partial charge on any atom is 0.317 e. The third-order valence-corrected chi connectivity index (χ3v) is 5.65. The van der Waals surface area contributed by atoms with Gasteiger partial charge >= 0.3 is 6.03 Å². The Hall–Kier alpha value is -1.26. The molecule has 1 heterocycles. The fourth-order valence-electron chi connectivity index (χ4n) is 4.19. The summed E-state index contributed by atoms with van der Waals surface area (Å²) in [5.74, 6) is 1.16. The average molecular weight is 351 g/mol. The first-order valence-electron chi connectivity index (χ1n) is 8.97. The van der Waals surface area contributed by atoms with Gasteiger partial charge in [-0.05, 0) is 61.1 Å². The Kier molecular flexibility index (Phi) is 5.67. The zero-order valence-corrected chi connectivity index (χ0v) is 15.0. The van der Waals surface area contributed by atoms with Crippen molar-refractivity contribution >= 4 is 17.6 Å². The van der Waals surface area contributed by atoms with Gasteiger partial charge in [0.25, 0.3) is 0 Å². The molecule has 0 radical (unpaired) electrons. The van der Waals surface area contributed by atoms with E-state index in [4.69, 9.17) is 11.6 Å². The van der Waals surface area contributed by atoms with E-state index >= 15 is 0 Å². The minimum absolute atomic E-state index is 0.0294. The predicted molar refractivity (Wildman–Crippen MR) is 96.3 cm³/mol. The van der Waals surface area contributed by atoms with Gasteiger partial charge in [0.05, 0.1) is 0 Å². The molecule has 1 aromatic carbocycles. The highest BCUT2D eigenvalue weighted by Crippen LogP contribution is 2.35. The first-order valence-corrected chi connectivity index (χ1v) is 9.34. The van der Waals surface area contributed by atoms with Crippen LogP contribution < -0.4 is 5.32 Å². The van der Waals surface area contributed by atoms with Gasteiger partial charge < -0.3 is 15.3 Å². The molecule has 1 aromatic rings. The van der Waals surface area contributed by atoms with Crippen LogP contribution in [0.4, 0.5) is 4.79 Å². The van der Waals surface area contributed by atoms with Crippen molar-refractivity contribution in [2.24, 2.45) is 11.8 Å². The number of nitrogens with one attached hydrogen (secondary N) is 1. The second-order valence-electron chi connectivity index (χ2n) is 7.50. The topological polar surface area (TPSA) is 52.6 Å². The first-order chi connectivity index (χ1) is 11.5. The van der Waals surface area contributed by atoms with Crippen LogP contribution in [0.25, 0.3) is 0 Å². The molecule has 1 saturated carbocycles. The highest BCUT2D eigenvalue weighted by Gasteiger charge is 2.31. The third-order valence-electron chi connectivity index (χ3n) is 5.39. The molecule has 0 aromatic heterocycles. The SMILES string of the molecule is CC1CC(CO)CN(C(=O)NC2CCC(c3ccc(Cl)cc3)C2)C1. The van der Waals surface area contributed by atoms with Gasteiger partial charge in [0.1, 0.15) is 0 Å². The molecule has 1 aliphatic carbocycles. The molecule has 4 atom stereocenters. The molecule has 1 saturated heterocycles. The van der Waals surface area contributed by atoms with Gasteiger partial charge in [0, 0.05) is 30.8 Å². The number of carbonyl (C=O) groups excluding carboxylic acids is 1. The number of likely N-dealkylation sites (tertiary alicyclic amines) is 1. The zero-order chi connectivity index (χ0) is 17.1. The highest BCUT2D eigenvalue weighted by atomic mass is 35.5. The van der Waals surface area contributed by atoms with E-state index in [9.17, 15) is 9.90 Å². The van der Waals surface area contributed by atoms with Crippen molar-refractivity contribution in [2.75, 3.05) is 19.7 Å². The van der Waals surface area contributed by atoms with E-state index < -0.39 is 0 Å². The number of halogens is 1. The maximum atomic E-state index is 12.6. The predicted octanol–water partition coefficient (Wildman–Crippen LogP) is 3.64. The van der Waals surface area contributed by atoms with Gasteiger partial charge in [0.2, 0.25) is 0 Å². The summed E-state index contributed by atoms with van der Waals surface area (Å²) < 4.78 is 0. The van der Waals surface area contributed by atoms with Crippen molar-refractivity contribution in [3.8, 4) is 0 Å². The number of urea groups is 1. The Labute approximate surface area is 149 Å². The number of hydrogen-bond acceptors (Lipinski definition) is 2. The molecule has 24 heavy (non-hydrogen) atoms. The second-order valence-corrected chi connectivity index (χ2v) is 7.94. The summed E-state index contributed by atoms with van der Waals surface area (Å²) in [6.07, 6.45) is 4.11. The van der Waals surface area contributed by atoms with Crippen LogP contribution in [0.2, 0.25) is 5.02 Å². The third kappa shape index (κ3) is 4.22. The Morgan fingerprint density at radius 1 is 1.25 bits per heavy atom. The molecule has 0 bridgehead atoms. The quantitative estimate of drug-likeness (QED) is 0.874. The van der Waals surface area contributed by atoms with E-state index in [1.54, 1.807) is 0 Å². The number of aliphatic hydroxyl groups is 1. The molecule has 4 unspecified atom stereocenters. The van der Waals surface area contributed by atoms with Crippen molar-refractivity contribution in [1.82, 2.24) is 10.2 Å². The van der Waals surface area contributed by atoms with Crippen molar-refractivity contribution in [3.05, 3.63) is 34.9 Å². The average Bonchev–Trinajstić information content (AvgIpc) is 3.03. The summed E-state index contributed by atoms with van der Waals surface area (Å²) in [5.41, 5.74) is 1.31. The van der Waals surface area contributed by atoms with E-state index in [-0.39, 0.29) is 24.6 Å². The summed E-state index contributed by atoms with van der Waals surface area (Å²) in [6.45, 7) is 3.76. The lowest BCUT2D eigenvalue weighted by atomic mass is 9.91. The number of piperidine rings is 1. The molecule has 3 rings (SSSR count). The molecule has 2 amide bonds. The molecule has 2 fully saturated rings. The minimum atomic E-state index is 0.0294. The van der Waals surface area contributed by atoms with Crippen LogP contribution in [0.3, 0.4) is 0 Å². The molecule has 132 valence electrons. The summed E-state index contributed by atoms with van der Waals surface area (Å²) >= 11 is 5.96. The minimum Gasteiger partial charge on any atom is -0.396 e. The molecule has 0 spiro atoms. The number of aliphatic hydroxyl groups excluding tert-OH is 1. The van der Waals surface area contributed by atoms with Crippen molar-refractivity contribution in [1.29, 1.82) is 0 Å². The molecular weight excluding hydrogens is 324 g/mol. The van der Waals surface area contributed by atoms with Gasteiger partial charge in [-0.15, -0.1) is 0 Å². The molecular formula is C19H27ClN2O2. The van der Waals surface area contributed by atoms with Gasteiger partial charge in [-0.1, -0.05) is 30.7 Å². The maximum absolute atomic E-state index is 12.6. The van der Waals surface area contributed by atoms with Gasteiger partial charge in [-0.2, -0.15) is 0 Å². The van der Waals surface area contributed by atoms with Crippen molar-refractivity contribution in [2.45, 2.75) is 44.6 Å². The van der Waals surface area contributed by atoms with Gasteiger partial charge in [-0.3, -0.25) is 0 Å². The molecule has 2 N–H and O–H groups in total. The number of benzene rings is 1. The van der Waals surface area contributed by atoms with E-state index in [0.717, 1.165) is 37.3 Å². The number of carbonyl (C=O) groups is 1. The van der Waals surface area contributed by atoms with Gasteiger partial charge in [0.15, 0.2) is 0 Å². The lowest BCUT2D eigenvalue weighted by Crippen LogP contribution is -2.50. The van der Waals surface area contributed by atoms with E-state index in [1.807, 2.05) is 17.0 Å². The zero-order valence-electron chi connectivity index (χ0n) is 14.2. The molecule has 5 heteroatoms. The molecule has 2 aliphatic rings. The number of rotatable bonds is 3. The Morgan fingerprint density at radius 2 is 2.00 bits per heavy atom. The van der Waals surface area contributed by atoms with Gasteiger partial charge in [-0.25, -0.2) is 4.79 Å². The number of hydrogen-bond donors (Lipinski definition) is 2. The summed E-state index contributed by atoms with van der Waals surface area (Å²) in [5, 5.41) is 13.4. The van der Waals surface area contributed by atoms with Crippen LogP contribution in [-0.2, 0) is 0 Å². The first kappa shape index (κ1) is 17.6. The van der Waals surface area contributed by atoms with Crippen molar-refractivity contribution in [3.63, 3.8) is 0 Å². The normalized spacial score (nSPS) is 30.4. The van der Waals surface area contributed by atoms with Crippen LogP contribution in [0.5, 0.6) is 0 Å². The van der Waals surface area contributed by atoms with Crippen LogP contribution in [-0.4, -0.2) is 41.8 Å². The summed E-state index contributed by atoms with van der Waals surface area (Å²) in [6, 6.07) is 8.33. The molecule has 1 aliphatic heterocycles. The lowest BCUT2D eigenvalue weighted by molar-refractivity contribution is 0.103. The fraction of sp³-hybridized carbons (Fsp3) is 0.632. The smallest absolute Gasteiger partial charge is 0.317 e. The summed E-state index contributed by atoms with van der Waals surface area (Å²) in [7, 11) is 0. The highest BCUT2D eigenvalue weighted by molar-refractivity contribution is 6.30. The van der Waals surface area contributed by atoms with E-state index in [1.165, 1.54) is 5.56 Å². The van der Waals surface area contributed by atoms with E-state index in [2.05, 4.69) is 24.4 Å². The van der Waals surface area contributed by atoms with Crippen LogP contribution in [0.15, 0.2) is 24.3 Å². The largest absolute Gasteiger partial charge is 0.396 e. The van der Waals surface area contributed by atoms with Crippen LogP contribution in [0, 0.1) is 11.8 Å². The van der Waals surface area contributed by atoms with Crippen molar-refractivity contribution < 1.29 is 9.90 Å². The second kappa shape index (κ2) is 7.75. The standard InChI is InChI=1S/C19H27ClN2O2/c1-13-8-14(12-23)11-22(10-13)19(24)21-18-7-4-16(9-18)15-2-5-17(20)6-3-15/h2-3,5-6,13-14,16,18,23H,4,7-12H2,1H3,(H,21,24). The van der Waals surface area contributed by atoms with Crippen LogP contribution in [0.1, 0.15) is 44.1 Å². The van der Waals surface area contributed by atoms with E-state index in [0.29, 0.717) is 18.4 Å². The fourth-order valence-corrected chi connectivity index (χ4v) is 4.32. The molecule has 4 nitrogen and oxygen atoms in total. The number of nitrogens with zero attached hydrogens (tertiary/aromatic N) is 1. The monoisotopic (exact) mass is 350 g/mol. The Morgan fingerprint density at radius 3 is 2.71 bits per heavy atom. The summed E-state index contributed by atoms with van der Waals surface area (Å²) in [4.78, 5) is 14.4. The lowest BCUT2D eigenvalue weighted by Gasteiger charge is -2.36. The Bertz CT molecular complexity index is 563.